The van der Waals surface area contributed by atoms with Crippen molar-refractivity contribution in [1.82, 2.24) is 0 Å². The molecule has 1 fully saturated rings. The van der Waals surface area contributed by atoms with Gasteiger partial charge < -0.3 is 14.2 Å². The predicted octanol–water partition coefficient (Wildman–Crippen LogP) is 0.727. The molecule has 0 aromatic heterocycles. The van der Waals surface area contributed by atoms with Crippen molar-refractivity contribution in [2.45, 2.75) is 12.6 Å². The van der Waals surface area contributed by atoms with E-state index in [1.54, 1.807) is 7.11 Å². The van der Waals surface area contributed by atoms with Crippen molar-refractivity contribution >= 4 is 15.9 Å². The first-order valence-corrected chi connectivity index (χ1v) is 3.84. The van der Waals surface area contributed by atoms with Crippen LogP contribution in [0.2, 0.25) is 0 Å². The van der Waals surface area contributed by atoms with Gasteiger partial charge in [0.15, 0.2) is 0 Å². The van der Waals surface area contributed by atoms with Crippen LogP contribution in [0.15, 0.2) is 0 Å². The van der Waals surface area contributed by atoms with Gasteiger partial charge in [-0.1, -0.05) is 15.9 Å². The summed E-state index contributed by atoms with van der Waals surface area (Å²) >= 11 is 3.27. The van der Waals surface area contributed by atoms with Gasteiger partial charge in [-0.2, -0.15) is 0 Å². The SMILES string of the molecule is CO[C@@H]1OC[C@@H](CBr)O1. The molecule has 0 saturated carbocycles. The molecule has 3 nitrogen and oxygen atoms in total. The van der Waals surface area contributed by atoms with Crippen LogP contribution in [-0.2, 0) is 14.2 Å². The Bertz CT molecular complexity index is 78.3. The van der Waals surface area contributed by atoms with Gasteiger partial charge in [-0.15, -0.1) is 0 Å². The maximum atomic E-state index is 5.17. The molecule has 0 spiro atoms. The van der Waals surface area contributed by atoms with Gasteiger partial charge in [-0.3, -0.25) is 0 Å². The van der Waals surface area contributed by atoms with E-state index in [0.717, 1.165) is 5.33 Å². The summed E-state index contributed by atoms with van der Waals surface area (Å²) in [6.45, 7) is 0.163. The molecule has 1 heterocycles. The molecular formula is C5H9BrO3. The maximum absolute atomic E-state index is 5.17. The molecule has 0 unspecified atom stereocenters. The summed E-state index contributed by atoms with van der Waals surface area (Å²) in [5, 5.41) is 0.798. The van der Waals surface area contributed by atoms with Crippen LogP contribution >= 0.6 is 15.9 Å². The summed E-state index contributed by atoms with van der Waals surface area (Å²) in [4.78, 5) is 0. The number of ether oxygens (including phenoxy) is 3. The van der Waals surface area contributed by atoms with E-state index in [2.05, 4.69) is 15.9 Å². The molecule has 4 heteroatoms. The van der Waals surface area contributed by atoms with Gasteiger partial charge in [0.25, 0.3) is 6.48 Å². The first kappa shape index (κ1) is 7.47. The quantitative estimate of drug-likeness (QED) is 0.610. The highest BCUT2D eigenvalue weighted by atomic mass is 79.9. The molecule has 0 radical (unpaired) electrons. The lowest BCUT2D eigenvalue weighted by Gasteiger charge is -2.05. The van der Waals surface area contributed by atoms with E-state index in [1.165, 1.54) is 0 Å². The highest BCUT2D eigenvalue weighted by molar-refractivity contribution is 9.09. The zero-order chi connectivity index (χ0) is 6.69. The minimum atomic E-state index is -0.451. The second kappa shape index (κ2) is 3.51. The van der Waals surface area contributed by atoms with Crippen molar-refractivity contribution in [2.75, 3.05) is 19.0 Å². The first-order valence-electron chi connectivity index (χ1n) is 2.72. The van der Waals surface area contributed by atoms with E-state index < -0.39 is 6.48 Å². The van der Waals surface area contributed by atoms with E-state index in [0.29, 0.717) is 6.61 Å². The summed E-state index contributed by atoms with van der Waals surface area (Å²) in [7, 11) is 1.56. The second-order valence-electron chi connectivity index (χ2n) is 1.77. The van der Waals surface area contributed by atoms with Crippen molar-refractivity contribution < 1.29 is 14.2 Å². The van der Waals surface area contributed by atoms with Gasteiger partial charge >= 0.3 is 0 Å². The van der Waals surface area contributed by atoms with Crippen LogP contribution < -0.4 is 0 Å². The molecule has 1 aliphatic rings. The molecule has 0 amide bonds. The molecular weight excluding hydrogens is 188 g/mol. The standard InChI is InChI=1S/C5H9BrO3/c1-7-5-8-3-4(2-6)9-5/h4-5H,2-3H2,1H3/t4-,5-/m1/s1. The smallest absolute Gasteiger partial charge is 0.271 e. The van der Waals surface area contributed by atoms with Gasteiger partial charge in [0, 0.05) is 12.4 Å². The lowest BCUT2D eigenvalue weighted by atomic mass is 10.5. The van der Waals surface area contributed by atoms with Gasteiger partial charge in [0.05, 0.1) is 12.7 Å². The van der Waals surface area contributed by atoms with Gasteiger partial charge in [-0.25, -0.2) is 0 Å². The summed E-state index contributed by atoms with van der Waals surface area (Å²) in [6, 6.07) is 0. The minimum Gasteiger partial charge on any atom is -0.333 e. The van der Waals surface area contributed by atoms with Crippen molar-refractivity contribution in [1.29, 1.82) is 0 Å². The lowest BCUT2D eigenvalue weighted by molar-refractivity contribution is -0.221. The average molecular weight is 197 g/mol. The highest BCUT2D eigenvalue weighted by Gasteiger charge is 2.24. The summed E-state index contributed by atoms with van der Waals surface area (Å²) in [5.41, 5.74) is 0. The van der Waals surface area contributed by atoms with Gasteiger partial charge in [0.2, 0.25) is 0 Å². The van der Waals surface area contributed by atoms with Gasteiger partial charge in [-0.05, 0) is 0 Å². The van der Waals surface area contributed by atoms with E-state index in [-0.39, 0.29) is 6.10 Å². The molecule has 0 aromatic rings. The van der Waals surface area contributed by atoms with E-state index in [1.807, 2.05) is 0 Å². The Kier molecular flexibility index (Phi) is 2.91. The maximum Gasteiger partial charge on any atom is 0.271 e. The van der Waals surface area contributed by atoms with Crippen molar-refractivity contribution in [2.24, 2.45) is 0 Å². The Morgan fingerprint density at radius 1 is 1.78 bits per heavy atom. The number of rotatable bonds is 2. The fraction of sp³-hybridized carbons (Fsp3) is 1.00. The monoisotopic (exact) mass is 196 g/mol. The molecule has 0 aromatic carbocycles. The average Bonchev–Trinajstić information content (AvgIpc) is 2.34. The number of methoxy groups -OCH3 is 1. The van der Waals surface area contributed by atoms with Crippen LogP contribution in [0, 0.1) is 0 Å². The summed E-state index contributed by atoms with van der Waals surface area (Å²) in [5.74, 6) is 0. The Labute approximate surface area is 62.4 Å². The van der Waals surface area contributed by atoms with Crippen molar-refractivity contribution in [3.63, 3.8) is 0 Å². The zero-order valence-electron chi connectivity index (χ0n) is 5.17. The molecule has 9 heavy (non-hydrogen) atoms. The topological polar surface area (TPSA) is 27.7 Å². The molecule has 1 rings (SSSR count). The largest absolute Gasteiger partial charge is 0.333 e. The molecule has 1 aliphatic heterocycles. The number of hydrogen-bond donors (Lipinski definition) is 0. The first-order chi connectivity index (χ1) is 4.36. The molecule has 0 bridgehead atoms. The van der Waals surface area contributed by atoms with Gasteiger partial charge in [0.1, 0.15) is 0 Å². The third-order valence-corrected chi connectivity index (χ3v) is 1.81. The van der Waals surface area contributed by atoms with Crippen LogP contribution in [0.25, 0.3) is 0 Å². The zero-order valence-corrected chi connectivity index (χ0v) is 6.76. The predicted molar refractivity (Wildman–Crippen MR) is 35.4 cm³/mol. The summed E-state index contributed by atoms with van der Waals surface area (Å²) in [6.07, 6.45) is 0.148. The summed E-state index contributed by atoms with van der Waals surface area (Å²) < 4.78 is 15.0. The van der Waals surface area contributed by atoms with E-state index in [4.69, 9.17) is 14.2 Å². The van der Waals surface area contributed by atoms with Crippen LogP contribution in [-0.4, -0.2) is 31.6 Å². The van der Waals surface area contributed by atoms with Crippen LogP contribution in [0.5, 0.6) is 0 Å². The normalized spacial score (nSPS) is 35.3. The molecule has 0 aliphatic carbocycles. The van der Waals surface area contributed by atoms with E-state index in [9.17, 15) is 0 Å². The van der Waals surface area contributed by atoms with E-state index >= 15 is 0 Å². The molecule has 2 atom stereocenters. The Morgan fingerprint density at radius 2 is 2.56 bits per heavy atom. The molecule has 1 saturated heterocycles. The number of halogens is 1. The van der Waals surface area contributed by atoms with Crippen LogP contribution in [0.4, 0.5) is 0 Å². The third-order valence-electron chi connectivity index (χ3n) is 1.09. The Morgan fingerprint density at radius 3 is 2.89 bits per heavy atom. The lowest BCUT2D eigenvalue weighted by Crippen LogP contribution is -2.14. The highest BCUT2D eigenvalue weighted by Crippen LogP contribution is 2.12. The molecule has 54 valence electrons. The van der Waals surface area contributed by atoms with Crippen LogP contribution in [0.1, 0.15) is 0 Å². The minimum absolute atomic E-state index is 0.148. The number of hydrogen-bond acceptors (Lipinski definition) is 3. The fourth-order valence-corrected chi connectivity index (χ4v) is 0.966. The number of alkyl halides is 1. The van der Waals surface area contributed by atoms with Crippen LogP contribution in [0.3, 0.4) is 0 Å². The van der Waals surface area contributed by atoms with Crippen molar-refractivity contribution in [3.05, 3.63) is 0 Å². The fourth-order valence-electron chi connectivity index (χ4n) is 0.626. The Hall–Kier alpha value is 0.360. The molecule has 0 N–H and O–H groups in total. The Balaban J connectivity index is 2.20. The third kappa shape index (κ3) is 1.89. The van der Waals surface area contributed by atoms with Crippen molar-refractivity contribution in [3.8, 4) is 0 Å². The second-order valence-corrected chi connectivity index (χ2v) is 2.42.